The minimum Gasteiger partial charge on any atom is -0.458 e. The Bertz CT molecular complexity index is 2730. The lowest BCUT2D eigenvalue weighted by Crippen LogP contribution is -2.61. The van der Waals surface area contributed by atoms with E-state index in [1.165, 1.54) is 75.8 Å². The number of carbonyl (C=O) groups excluding carboxylic acids is 14. The summed E-state index contributed by atoms with van der Waals surface area (Å²) >= 11 is 0. The number of carbonyl (C=O) groups is 14. The number of ether oxygens (including phenoxy) is 2. The molecule has 1 rings (SSSR count). The normalized spacial score (nSPS) is 24.8. The zero-order valence-corrected chi connectivity index (χ0v) is 63.9. The van der Waals surface area contributed by atoms with Crippen LogP contribution >= 0.6 is 0 Å². The molecule has 0 saturated carbocycles. The fourth-order valence-corrected chi connectivity index (χ4v) is 11.8. The van der Waals surface area contributed by atoms with E-state index < -0.39 is 185 Å². The van der Waals surface area contributed by atoms with Crippen LogP contribution < -0.4 is 42.5 Å². The van der Waals surface area contributed by atoms with E-state index in [2.05, 4.69) is 42.5 Å². The summed E-state index contributed by atoms with van der Waals surface area (Å²) in [6.45, 7) is 30.3. The van der Waals surface area contributed by atoms with E-state index in [1.54, 1.807) is 55.4 Å². The Morgan fingerprint density at radius 2 is 0.990 bits per heavy atom. The number of nitrogens with one attached hydrogen (secondary N) is 8. The maximum absolute atomic E-state index is 14.8. The largest absolute Gasteiger partial charge is 0.458 e. The van der Waals surface area contributed by atoms with Crippen LogP contribution in [0.3, 0.4) is 0 Å². The summed E-state index contributed by atoms with van der Waals surface area (Å²) in [5, 5.41) is 21.9. The lowest BCUT2D eigenvalue weighted by molar-refractivity contribution is -0.163. The van der Waals surface area contributed by atoms with Gasteiger partial charge in [-0.15, -0.1) is 0 Å². The van der Waals surface area contributed by atoms with E-state index in [1.807, 2.05) is 55.4 Å². The van der Waals surface area contributed by atoms with E-state index in [0.29, 0.717) is 19.3 Å². The van der Waals surface area contributed by atoms with Gasteiger partial charge in [-0.05, 0) is 80.5 Å². The lowest BCUT2D eigenvalue weighted by Gasteiger charge is -2.37. The Morgan fingerprint density at radius 3 is 1.42 bits per heavy atom. The lowest BCUT2D eigenvalue weighted by atomic mass is 9.94. The highest BCUT2D eigenvalue weighted by atomic mass is 16.5. The Morgan fingerprint density at radius 1 is 0.556 bits per heavy atom. The SMILES string of the molecule is CC[C@H](C)[C@H]1C(=O)NCCC(=O)N[C@H]([C@@H](C)CC)C(=O)N(C)[C@@H](C(C)C)C(=O)N(C)[C@@H](C)C(=O)NCCC(=O)N[C@H](CC(C)C)C(=O)N(C)[C@H]([C@@H](C)CC)C(=O)O[C@H](C)[C@H](NC(=O)[C@@H](CC(C)C)N(C)C(=O)[C@@H](NC(=O)COC)C(C)C)C(=O)NCCC(=O)N[C@H](CC(C)C)C(=O)N1C. The van der Waals surface area contributed by atoms with Gasteiger partial charge in [-0.2, -0.15) is 0 Å². The number of nitrogens with zero attached hydrogens (tertiary/aromatic N) is 5. The number of likely N-dealkylation sites (N-methyl/N-ethyl adjacent to an activating group) is 5. The molecule has 0 aromatic heterocycles. The highest BCUT2D eigenvalue weighted by Crippen LogP contribution is 2.24. The van der Waals surface area contributed by atoms with Crippen molar-refractivity contribution >= 4 is 82.8 Å². The van der Waals surface area contributed by atoms with Crippen molar-refractivity contribution in [2.75, 3.05) is 68.6 Å². The number of cyclic esters (lactones) is 1. The first-order valence-corrected chi connectivity index (χ1v) is 35.4. The van der Waals surface area contributed by atoms with E-state index in [-0.39, 0.29) is 76.1 Å². The van der Waals surface area contributed by atoms with Crippen molar-refractivity contribution in [2.24, 2.45) is 47.3 Å². The molecule has 566 valence electrons. The molecule has 29 heteroatoms. The van der Waals surface area contributed by atoms with Crippen molar-refractivity contribution in [1.82, 2.24) is 67.0 Å². The fourth-order valence-electron chi connectivity index (χ4n) is 11.8. The first kappa shape index (κ1) is 89.6. The number of rotatable bonds is 21. The molecule has 8 N–H and O–H groups in total. The van der Waals surface area contributed by atoms with E-state index in [9.17, 15) is 67.1 Å². The first-order chi connectivity index (χ1) is 46.1. The second-order valence-electron chi connectivity index (χ2n) is 28.8. The van der Waals surface area contributed by atoms with Crippen LogP contribution in [0.2, 0.25) is 0 Å². The highest BCUT2D eigenvalue weighted by Gasteiger charge is 2.43. The van der Waals surface area contributed by atoms with Gasteiger partial charge in [0.25, 0.3) is 0 Å². The topological polar surface area (TPSA) is 370 Å². The zero-order valence-electron chi connectivity index (χ0n) is 63.9. The van der Waals surface area contributed by atoms with Gasteiger partial charge < -0.3 is 76.5 Å². The van der Waals surface area contributed by atoms with Gasteiger partial charge in [0.1, 0.15) is 73.1 Å². The Hall–Kier alpha value is -7.46. The average Bonchev–Trinajstić information content (AvgIpc) is 0.834. The van der Waals surface area contributed by atoms with E-state index >= 15 is 0 Å². The quantitative estimate of drug-likeness (QED) is 0.0764. The summed E-state index contributed by atoms with van der Waals surface area (Å²) in [5.74, 6) is -12.4. The molecule has 0 aromatic carbocycles. The molecule has 0 bridgehead atoms. The maximum atomic E-state index is 14.8. The number of amides is 13. The van der Waals surface area contributed by atoms with Gasteiger partial charge in [-0.25, -0.2) is 4.79 Å². The molecule has 99 heavy (non-hydrogen) atoms. The van der Waals surface area contributed by atoms with Gasteiger partial charge in [0.2, 0.25) is 76.8 Å². The van der Waals surface area contributed by atoms with Crippen molar-refractivity contribution < 1.29 is 76.6 Å². The third-order valence-electron chi connectivity index (χ3n) is 18.5. The van der Waals surface area contributed by atoms with Gasteiger partial charge in [0.05, 0.1) is 0 Å². The minimum atomic E-state index is -1.73. The van der Waals surface area contributed by atoms with Gasteiger partial charge in [-0.1, -0.05) is 130 Å². The fraction of sp³-hybridized carbons (Fsp3) is 0.800. The van der Waals surface area contributed by atoms with Crippen LogP contribution in [-0.2, 0) is 76.6 Å². The monoisotopic (exact) mass is 1400 g/mol. The molecule has 0 aromatic rings. The highest BCUT2D eigenvalue weighted by molar-refractivity contribution is 5.97. The third-order valence-corrected chi connectivity index (χ3v) is 18.5. The third kappa shape index (κ3) is 27.9. The number of hydrogen-bond acceptors (Lipinski definition) is 16. The number of methoxy groups -OCH3 is 1. The average molecular weight is 1400 g/mol. The summed E-state index contributed by atoms with van der Waals surface area (Å²) in [7, 11) is 8.40. The second-order valence-corrected chi connectivity index (χ2v) is 28.8. The first-order valence-electron chi connectivity index (χ1n) is 35.4. The molecule has 1 saturated heterocycles. The van der Waals surface area contributed by atoms with Gasteiger partial charge in [-0.3, -0.25) is 62.3 Å². The molecule has 1 fully saturated rings. The molecular weight excluding hydrogens is 1280 g/mol. The van der Waals surface area contributed by atoms with Gasteiger partial charge >= 0.3 is 5.97 Å². The van der Waals surface area contributed by atoms with Crippen molar-refractivity contribution in [1.29, 1.82) is 0 Å². The van der Waals surface area contributed by atoms with Crippen LogP contribution in [0.1, 0.15) is 182 Å². The van der Waals surface area contributed by atoms with Gasteiger partial charge in [0.15, 0.2) is 0 Å². The van der Waals surface area contributed by atoms with Gasteiger partial charge in [0, 0.05) is 81.2 Å². The molecule has 0 spiro atoms. The summed E-state index contributed by atoms with van der Waals surface area (Å²) in [5.41, 5.74) is 0. The molecular formula is C70H125N13O16. The van der Waals surface area contributed by atoms with Crippen LogP contribution in [0.15, 0.2) is 0 Å². The molecule has 14 atom stereocenters. The standard InChI is InChI=1S/C70H125N13O16/c1-25-43(14)56-68(95)81(21)58(42(12)13)69(96)79(19)46(17)61(88)71-31-28-51(84)75-49(35-39(6)7)66(93)83(23)60(45(16)27-3)70(97)99-47(18)57(78-62(89)50(36-40(8)9)80(20)67(94)55(41(10)11)77-54(87)37-98-24)63(90)72-32-29-52(85)74-48(34-38(4)5)65(92)82(22)59(44(15)26-2)64(91)73-33-30-53(86)76-56/h38-50,55-60H,25-37H2,1-24H3,(H,71,88)(H,72,90)(H,73,91)(H,74,85)(H,75,84)(H,76,86)(H,77,87)(H,78,89)/t43-,44-,45-,46-,47+,48+,49+,50+,55-,56+,57-,58-,59-,60+/m0/s1. The molecule has 1 aliphatic rings. The predicted octanol–water partition coefficient (Wildman–Crippen LogP) is 2.26. The van der Waals surface area contributed by atoms with Crippen LogP contribution in [0.5, 0.6) is 0 Å². The molecule has 0 radical (unpaired) electrons. The number of esters is 1. The Kier molecular flexibility index (Phi) is 39.1. The van der Waals surface area contributed by atoms with Crippen molar-refractivity contribution in [3.05, 3.63) is 0 Å². The summed E-state index contributed by atoms with van der Waals surface area (Å²) < 4.78 is 11.1. The maximum Gasteiger partial charge on any atom is 0.329 e. The predicted molar refractivity (Wildman–Crippen MR) is 375 cm³/mol. The smallest absolute Gasteiger partial charge is 0.329 e. The minimum absolute atomic E-state index is 0.0609. The molecule has 13 amide bonds. The van der Waals surface area contributed by atoms with E-state index in [4.69, 9.17) is 9.47 Å². The van der Waals surface area contributed by atoms with E-state index in [0.717, 1.165) is 4.90 Å². The molecule has 0 unspecified atom stereocenters. The molecule has 1 aliphatic heterocycles. The zero-order chi connectivity index (χ0) is 76.2. The molecule has 0 aliphatic carbocycles. The summed E-state index contributed by atoms with van der Waals surface area (Å²) in [6.07, 6.45) is -0.987. The van der Waals surface area contributed by atoms with Crippen molar-refractivity contribution in [3.63, 3.8) is 0 Å². The van der Waals surface area contributed by atoms with Crippen molar-refractivity contribution in [3.8, 4) is 0 Å². The molecule has 29 nitrogen and oxygen atoms in total. The summed E-state index contributed by atoms with van der Waals surface area (Å²) in [4.78, 5) is 205. The van der Waals surface area contributed by atoms with Crippen molar-refractivity contribution in [2.45, 2.75) is 249 Å². The summed E-state index contributed by atoms with van der Waals surface area (Å²) in [6, 6.07) is -12.2. The Balaban J connectivity index is 4.18. The van der Waals surface area contributed by atoms with Crippen LogP contribution in [0.25, 0.3) is 0 Å². The second kappa shape index (κ2) is 43.3. The van der Waals surface area contributed by atoms with Crippen LogP contribution in [0, 0.1) is 47.3 Å². The van der Waals surface area contributed by atoms with Crippen LogP contribution in [0.4, 0.5) is 0 Å². The van der Waals surface area contributed by atoms with Crippen LogP contribution in [-0.4, -0.2) is 242 Å². The Labute approximate surface area is 589 Å². The molecule has 1 heterocycles. The number of hydrogen-bond donors (Lipinski definition) is 8.